The predicted molar refractivity (Wildman–Crippen MR) is 74.8 cm³/mol. The second-order valence-electron chi connectivity index (χ2n) is 3.02. The molecule has 18 heavy (non-hydrogen) atoms. The number of methoxy groups -OCH3 is 1. The first kappa shape index (κ1) is 14.5. The quantitative estimate of drug-likeness (QED) is 0.297. The van der Waals surface area contributed by atoms with Gasteiger partial charge in [-0.3, -0.25) is 5.32 Å². The number of hydrogen-bond donors (Lipinski definition) is 1. The lowest BCUT2D eigenvalue weighted by Crippen LogP contribution is -2.12. The maximum Gasteiger partial charge on any atom is 0.337 e. The van der Waals surface area contributed by atoms with Crippen LogP contribution in [0.4, 0.5) is 5.69 Å². The minimum atomic E-state index is -0.411. The molecule has 1 rings (SSSR count). The highest BCUT2D eigenvalue weighted by molar-refractivity contribution is 9.10. The van der Waals surface area contributed by atoms with Gasteiger partial charge in [-0.1, -0.05) is 11.8 Å². The minimum absolute atomic E-state index is 0.411. The monoisotopic (exact) mass is 327 g/mol. The van der Waals surface area contributed by atoms with Crippen molar-refractivity contribution in [1.29, 1.82) is 5.26 Å². The molecule has 1 N–H and O–H groups in total. The summed E-state index contributed by atoms with van der Waals surface area (Å²) in [5.41, 5.74) is 1.05. The molecule has 0 atom stereocenters. The van der Waals surface area contributed by atoms with E-state index >= 15 is 0 Å². The summed E-state index contributed by atoms with van der Waals surface area (Å²) in [5.74, 6) is -0.411. The number of ether oxygens (including phenoxy) is 1. The lowest BCUT2D eigenvalue weighted by molar-refractivity contribution is 0.0600. The molecule has 0 spiro atoms. The van der Waals surface area contributed by atoms with Gasteiger partial charge in [0.25, 0.3) is 0 Å². The molecular weight excluding hydrogens is 318 g/mol. The number of halogens is 1. The Bertz CT molecular complexity index is 526. The lowest BCUT2D eigenvalue weighted by atomic mass is 10.2. The van der Waals surface area contributed by atoms with Crippen molar-refractivity contribution in [3.05, 3.63) is 28.2 Å². The fourth-order valence-electron chi connectivity index (χ4n) is 1.12. The number of nitrogens with one attached hydrogen (secondary N) is 1. The molecule has 0 unspecified atom stereocenters. The van der Waals surface area contributed by atoms with Crippen LogP contribution in [-0.4, -0.2) is 24.5 Å². The lowest BCUT2D eigenvalue weighted by Gasteiger charge is -2.04. The first-order valence-electron chi connectivity index (χ1n) is 4.78. The van der Waals surface area contributed by atoms with Gasteiger partial charge in [0.15, 0.2) is 11.4 Å². The molecule has 5 nitrogen and oxygen atoms in total. The van der Waals surface area contributed by atoms with Gasteiger partial charge in [-0.2, -0.15) is 5.26 Å². The van der Waals surface area contributed by atoms with Gasteiger partial charge in [0.2, 0.25) is 0 Å². The van der Waals surface area contributed by atoms with E-state index in [-0.39, 0.29) is 0 Å². The van der Waals surface area contributed by atoms with Gasteiger partial charge in [0.1, 0.15) is 0 Å². The van der Waals surface area contributed by atoms with E-state index in [0.717, 1.165) is 0 Å². The average molecular weight is 328 g/mol. The fourth-order valence-corrected chi connectivity index (χ4v) is 1.93. The third kappa shape index (κ3) is 3.75. The van der Waals surface area contributed by atoms with Gasteiger partial charge < -0.3 is 4.74 Å². The van der Waals surface area contributed by atoms with E-state index < -0.39 is 5.97 Å². The van der Waals surface area contributed by atoms with Crippen molar-refractivity contribution in [2.45, 2.75) is 0 Å². The van der Waals surface area contributed by atoms with Gasteiger partial charge in [-0.25, -0.2) is 9.79 Å². The Hall–Kier alpha value is -1.52. The minimum Gasteiger partial charge on any atom is -0.465 e. The summed E-state index contributed by atoms with van der Waals surface area (Å²) in [5, 5.41) is 11.5. The zero-order valence-corrected chi connectivity index (χ0v) is 12.1. The molecule has 7 heteroatoms. The number of benzene rings is 1. The number of esters is 1. The molecule has 1 aromatic rings. The number of hydrogen-bond acceptors (Lipinski definition) is 5. The van der Waals surface area contributed by atoms with Gasteiger partial charge in [0.05, 0.1) is 18.4 Å². The second-order valence-corrected chi connectivity index (χ2v) is 4.66. The highest BCUT2D eigenvalue weighted by Crippen LogP contribution is 2.27. The Labute approximate surface area is 117 Å². The van der Waals surface area contributed by atoms with Crippen LogP contribution in [0.15, 0.2) is 27.7 Å². The number of carbonyl (C=O) groups is 1. The first-order valence-corrected chi connectivity index (χ1v) is 6.79. The molecule has 0 aliphatic heterocycles. The molecule has 0 fully saturated rings. The van der Waals surface area contributed by atoms with Crippen molar-refractivity contribution < 1.29 is 9.53 Å². The molecule has 1 aromatic carbocycles. The SMILES string of the molecule is COC(=O)c1ccc(N=C(NC#N)SC)c(Br)c1. The van der Waals surface area contributed by atoms with Gasteiger partial charge >= 0.3 is 5.97 Å². The number of nitrogens with zero attached hydrogens (tertiary/aromatic N) is 2. The number of rotatable bonds is 2. The second kappa shape index (κ2) is 7.03. The Morgan fingerprint density at radius 3 is 2.83 bits per heavy atom. The van der Waals surface area contributed by atoms with E-state index in [1.165, 1.54) is 18.9 Å². The largest absolute Gasteiger partial charge is 0.465 e. The van der Waals surface area contributed by atoms with Gasteiger partial charge in [-0.15, -0.1) is 0 Å². The van der Waals surface area contributed by atoms with Crippen LogP contribution in [0.5, 0.6) is 0 Å². The molecule has 0 aliphatic rings. The Kier molecular flexibility index (Phi) is 5.68. The Morgan fingerprint density at radius 1 is 1.61 bits per heavy atom. The van der Waals surface area contributed by atoms with Gasteiger partial charge in [-0.05, 0) is 40.4 Å². The van der Waals surface area contributed by atoms with Crippen molar-refractivity contribution in [3.8, 4) is 6.19 Å². The van der Waals surface area contributed by atoms with Crippen LogP contribution in [0.3, 0.4) is 0 Å². The Morgan fingerprint density at radius 2 is 2.33 bits per heavy atom. The number of nitriles is 1. The molecule has 0 heterocycles. The molecule has 94 valence electrons. The third-order valence-electron chi connectivity index (χ3n) is 1.95. The average Bonchev–Trinajstić information content (AvgIpc) is 2.39. The number of thioether (sulfide) groups is 1. The number of aliphatic imine (C=N–C) groups is 1. The van der Waals surface area contributed by atoms with E-state index in [1.54, 1.807) is 30.6 Å². The highest BCUT2D eigenvalue weighted by Gasteiger charge is 2.08. The van der Waals surface area contributed by atoms with Crippen LogP contribution in [0.25, 0.3) is 0 Å². The molecule has 0 aliphatic carbocycles. The highest BCUT2D eigenvalue weighted by atomic mass is 79.9. The molecule has 0 radical (unpaired) electrons. The smallest absolute Gasteiger partial charge is 0.337 e. The van der Waals surface area contributed by atoms with E-state index in [0.29, 0.717) is 20.9 Å². The molecule has 0 saturated carbocycles. The summed E-state index contributed by atoms with van der Waals surface area (Å²) >= 11 is 4.64. The standard InChI is InChI=1S/C11H10BrN3O2S/c1-17-10(16)7-3-4-9(8(12)5-7)15-11(18-2)14-6-13/h3-5H,1-2H3,(H,14,15). The molecule has 0 aromatic heterocycles. The molecular formula is C11H10BrN3O2S. The zero-order valence-electron chi connectivity index (χ0n) is 9.73. The van der Waals surface area contributed by atoms with E-state index in [1.807, 2.05) is 0 Å². The normalized spacial score (nSPS) is 10.7. The van der Waals surface area contributed by atoms with Crippen LogP contribution >= 0.6 is 27.7 Å². The summed E-state index contributed by atoms with van der Waals surface area (Å²) in [6.45, 7) is 0. The maximum absolute atomic E-state index is 11.3. The predicted octanol–water partition coefficient (Wildman–Crippen LogP) is 2.66. The van der Waals surface area contributed by atoms with Crippen molar-refractivity contribution in [2.75, 3.05) is 13.4 Å². The number of carbonyl (C=O) groups excluding carboxylic acids is 1. The summed E-state index contributed by atoms with van der Waals surface area (Å²) in [4.78, 5) is 15.6. The summed E-state index contributed by atoms with van der Waals surface area (Å²) in [6, 6.07) is 4.90. The van der Waals surface area contributed by atoms with E-state index in [9.17, 15) is 4.79 Å². The van der Waals surface area contributed by atoms with Crippen LogP contribution in [0.1, 0.15) is 10.4 Å². The third-order valence-corrected chi connectivity index (χ3v) is 3.16. The van der Waals surface area contributed by atoms with Crippen molar-refractivity contribution in [2.24, 2.45) is 4.99 Å². The zero-order chi connectivity index (χ0) is 13.5. The Balaban J connectivity index is 3.06. The molecule has 0 amide bonds. The van der Waals surface area contributed by atoms with E-state index in [2.05, 4.69) is 31.0 Å². The topological polar surface area (TPSA) is 74.5 Å². The van der Waals surface area contributed by atoms with Crippen molar-refractivity contribution in [1.82, 2.24) is 5.32 Å². The first-order chi connectivity index (χ1) is 8.62. The summed E-state index contributed by atoms with van der Waals surface area (Å²) < 4.78 is 5.27. The summed E-state index contributed by atoms with van der Waals surface area (Å²) in [7, 11) is 1.32. The van der Waals surface area contributed by atoms with Gasteiger partial charge in [0, 0.05) is 4.47 Å². The van der Waals surface area contributed by atoms with Crippen LogP contribution < -0.4 is 5.32 Å². The van der Waals surface area contributed by atoms with E-state index in [4.69, 9.17) is 5.26 Å². The molecule has 0 bridgehead atoms. The molecule has 0 saturated heterocycles. The summed E-state index contributed by atoms with van der Waals surface area (Å²) in [6.07, 6.45) is 3.61. The van der Waals surface area contributed by atoms with Crippen molar-refractivity contribution in [3.63, 3.8) is 0 Å². The van der Waals surface area contributed by atoms with Crippen LogP contribution in [-0.2, 0) is 4.74 Å². The van der Waals surface area contributed by atoms with Crippen LogP contribution in [0.2, 0.25) is 0 Å². The van der Waals surface area contributed by atoms with Crippen molar-refractivity contribution >= 4 is 44.5 Å². The fraction of sp³-hybridized carbons (Fsp3) is 0.182. The maximum atomic E-state index is 11.3. The van der Waals surface area contributed by atoms with Crippen LogP contribution in [0, 0.1) is 11.5 Å². The number of amidine groups is 1.